The number of nitrogens with one attached hydrogen (secondary N) is 1. The zero-order valence-corrected chi connectivity index (χ0v) is 30.2. The van der Waals surface area contributed by atoms with E-state index in [1.165, 1.54) is 21.3 Å². The van der Waals surface area contributed by atoms with Crippen LogP contribution in [0.1, 0.15) is 31.4 Å². The van der Waals surface area contributed by atoms with Crippen LogP contribution in [0, 0.1) is 23.3 Å². The minimum Gasteiger partial charge on any atom is -0.486 e. The van der Waals surface area contributed by atoms with Crippen LogP contribution in [0.15, 0.2) is 58.5 Å². The van der Waals surface area contributed by atoms with Gasteiger partial charge in [-0.25, -0.2) is 27.5 Å². The van der Waals surface area contributed by atoms with Crippen molar-refractivity contribution in [2.24, 2.45) is 5.73 Å². The number of pyridine rings is 1. The molecule has 13 nitrogen and oxygen atoms in total. The van der Waals surface area contributed by atoms with Gasteiger partial charge in [-0.15, -0.1) is 0 Å². The lowest BCUT2D eigenvalue weighted by Crippen LogP contribution is -2.43. The fourth-order valence-electron chi connectivity index (χ4n) is 7.19. The second-order valence-corrected chi connectivity index (χ2v) is 13.9. The number of hydrogen-bond acceptors (Lipinski definition) is 11. The highest BCUT2D eigenvalue weighted by molar-refractivity contribution is 5.76. The highest BCUT2D eigenvalue weighted by Gasteiger charge is 2.22. The molecule has 2 fully saturated rings. The second-order valence-electron chi connectivity index (χ2n) is 13.9. The van der Waals surface area contributed by atoms with Gasteiger partial charge in [0.25, 0.3) is 11.1 Å². The van der Waals surface area contributed by atoms with Crippen LogP contribution < -0.4 is 31.6 Å². The smallest absolute Gasteiger partial charge is 0.269 e. The molecule has 8 rings (SSSR count). The first-order valence-corrected chi connectivity index (χ1v) is 18.5. The maximum atomic E-state index is 14.4. The predicted molar refractivity (Wildman–Crippen MR) is 197 cm³/mol. The van der Waals surface area contributed by atoms with E-state index < -0.39 is 34.4 Å². The summed E-state index contributed by atoms with van der Waals surface area (Å²) in [5.74, 6) is -2.60. The first-order chi connectivity index (χ1) is 26.6. The van der Waals surface area contributed by atoms with E-state index in [9.17, 15) is 27.2 Å². The Hall–Kier alpha value is -4.97. The van der Waals surface area contributed by atoms with Gasteiger partial charge in [0.2, 0.25) is 0 Å². The number of fused-ring (bicyclic) bond motifs is 3. The molecule has 55 heavy (non-hydrogen) atoms. The monoisotopic (exact) mass is 765 g/mol. The zero-order valence-electron chi connectivity index (χ0n) is 30.2. The van der Waals surface area contributed by atoms with Crippen molar-refractivity contribution >= 4 is 22.1 Å². The van der Waals surface area contributed by atoms with E-state index in [1.54, 1.807) is 6.20 Å². The van der Waals surface area contributed by atoms with Crippen molar-refractivity contribution in [3.05, 3.63) is 98.6 Å². The van der Waals surface area contributed by atoms with Gasteiger partial charge in [0.1, 0.15) is 24.2 Å². The third kappa shape index (κ3) is 8.96. The molecule has 0 spiro atoms. The Labute approximate surface area is 313 Å². The van der Waals surface area contributed by atoms with E-state index >= 15 is 0 Å². The number of nitrogens with two attached hydrogens (primary N) is 1. The highest BCUT2D eigenvalue weighted by atomic mass is 19.2. The Morgan fingerprint density at radius 3 is 1.73 bits per heavy atom. The van der Waals surface area contributed by atoms with Crippen LogP contribution in [-0.4, -0.2) is 98.5 Å². The molecule has 0 aliphatic carbocycles. The number of aromatic nitrogens is 5. The molecule has 0 bridgehead atoms. The normalized spacial score (nSPS) is 17.0. The molecule has 292 valence electrons. The lowest BCUT2D eigenvalue weighted by atomic mass is 10.0. The van der Waals surface area contributed by atoms with E-state index in [2.05, 4.69) is 30.1 Å². The van der Waals surface area contributed by atoms with Gasteiger partial charge in [-0.1, -0.05) is 0 Å². The maximum absolute atomic E-state index is 14.4. The summed E-state index contributed by atoms with van der Waals surface area (Å²) in [7, 11) is 0. The molecule has 0 amide bonds. The number of hydrogen-bond donors (Lipinski definition) is 2. The van der Waals surface area contributed by atoms with Gasteiger partial charge in [-0.3, -0.25) is 14.6 Å². The van der Waals surface area contributed by atoms with Crippen LogP contribution in [0.25, 0.3) is 22.1 Å². The van der Waals surface area contributed by atoms with Gasteiger partial charge in [0, 0.05) is 50.9 Å². The van der Waals surface area contributed by atoms with E-state index in [0.717, 1.165) is 87.8 Å². The number of ether oxygens (including phenoxy) is 2. The summed E-state index contributed by atoms with van der Waals surface area (Å²) in [5.41, 5.74) is 6.30. The molecular weight excluding hydrogens is 722 g/mol. The Balaban J connectivity index is 0.000000184. The fourth-order valence-corrected chi connectivity index (χ4v) is 7.19. The Morgan fingerprint density at radius 1 is 0.673 bits per heavy atom. The summed E-state index contributed by atoms with van der Waals surface area (Å²) < 4.78 is 69.2. The number of halogens is 4. The van der Waals surface area contributed by atoms with Crippen molar-refractivity contribution in [3.63, 3.8) is 0 Å². The van der Waals surface area contributed by atoms with Crippen molar-refractivity contribution in [3.8, 4) is 11.5 Å². The van der Waals surface area contributed by atoms with Crippen molar-refractivity contribution in [1.82, 2.24) is 39.2 Å². The average molecular weight is 766 g/mol. The second kappa shape index (κ2) is 17.2. The quantitative estimate of drug-likeness (QED) is 0.214. The van der Waals surface area contributed by atoms with Crippen LogP contribution in [0.4, 0.5) is 17.6 Å². The highest BCUT2D eigenvalue weighted by Crippen LogP contribution is 2.29. The van der Waals surface area contributed by atoms with Gasteiger partial charge in [0.05, 0.1) is 35.3 Å². The SMILES string of the molecule is NC1CCN(CCn2c(=O)cnc3ccc(F)c(F)c32)CC1.O=c1cnc2ccc(F)c(F)c2n1CCN1CCC(NCc2cc3c(cn2)OCCO3)CC1. The van der Waals surface area contributed by atoms with Crippen molar-refractivity contribution in [2.75, 3.05) is 52.5 Å². The number of nitrogens with zero attached hydrogens (tertiary/aromatic N) is 7. The summed E-state index contributed by atoms with van der Waals surface area (Å²) >= 11 is 0. The number of piperidine rings is 2. The lowest BCUT2D eigenvalue weighted by molar-refractivity contribution is 0.170. The molecule has 2 aromatic carbocycles. The van der Waals surface area contributed by atoms with Gasteiger partial charge in [-0.2, -0.15) is 0 Å². The van der Waals surface area contributed by atoms with E-state index in [-0.39, 0.29) is 34.7 Å². The Morgan fingerprint density at radius 2 is 1.18 bits per heavy atom. The molecular formula is C38H43F4N9O4. The molecule has 17 heteroatoms. The lowest BCUT2D eigenvalue weighted by Gasteiger charge is -2.32. The third-order valence-electron chi connectivity index (χ3n) is 10.4. The van der Waals surface area contributed by atoms with Crippen molar-refractivity contribution in [2.45, 2.75) is 57.4 Å². The van der Waals surface area contributed by atoms with Crippen molar-refractivity contribution in [1.29, 1.82) is 0 Å². The Bertz CT molecular complexity index is 2260. The summed E-state index contributed by atoms with van der Waals surface area (Å²) in [5, 5.41) is 3.55. The van der Waals surface area contributed by atoms with Crippen LogP contribution in [0.3, 0.4) is 0 Å². The molecule has 2 saturated heterocycles. The topological polar surface area (TPSA) is 146 Å². The van der Waals surface area contributed by atoms with Crippen LogP contribution in [-0.2, 0) is 19.6 Å². The van der Waals surface area contributed by atoms with Crippen LogP contribution in [0.5, 0.6) is 11.5 Å². The van der Waals surface area contributed by atoms with Gasteiger partial charge < -0.3 is 39.5 Å². The van der Waals surface area contributed by atoms with Gasteiger partial charge >= 0.3 is 0 Å². The standard InChI is InChI=1S/C23H25F2N5O3.C15H18F2N4O/c24-17-1-2-18-23(22(17)25)30(21(31)14-28-18)8-7-29-5-3-15(4-6-29)26-12-16-11-19-20(13-27-16)33-10-9-32-19;16-11-1-2-12-15(14(11)17)21(13(22)9-19-12)8-7-20-5-3-10(18)4-6-20/h1-2,11,13-15,26H,3-10,12H2;1-2,9-10H,3-8,18H2. The molecule has 6 heterocycles. The minimum atomic E-state index is -1.03. The van der Waals surface area contributed by atoms with Crippen LogP contribution >= 0.6 is 0 Å². The molecule has 5 aromatic rings. The van der Waals surface area contributed by atoms with Gasteiger partial charge in [0.15, 0.2) is 34.8 Å². The molecule has 0 unspecified atom stereocenters. The van der Waals surface area contributed by atoms with Crippen LogP contribution in [0.2, 0.25) is 0 Å². The zero-order chi connectivity index (χ0) is 38.5. The minimum absolute atomic E-state index is 0.0683. The molecule has 0 saturated carbocycles. The van der Waals surface area contributed by atoms with Crippen molar-refractivity contribution < 1.29 is 27.0 Å². The summed E-state index contributed by atoms with van der Waals surface area (Å²) in [4.78, 5) is 40.9. The molecule has 3 aliphatic heterocycles. The average Bonchev–Trinajstić information content (AvgIpc) is 3.20. The molecule has 3 aliphatic rings. The number of likely N-dealkylation sites (tertiary alicyclic amines) is 2. The van der Waals surface area contributed by atoms with E-state index in [4.69, 9.17) is 15.2 Å². The van der Waals surface area contributed by atoms with Gasteiger partial charge in [-0.05, 0) is 76.1 Å². The molecule has 3 N–H and O–H groups in total. The maximum Gasteiger partial charge on any atom is 0.269 e. The summed E-state index contributed by atoms with van der Waals surface area (Å²) in [6.45, 7) is 6.89. The number of rotatable bonds is 9. The molecule has 3 aromatic heterocycles. The molecule has 0 radical (unpaired) electrons. The molecule has 0 atom stereocenters. The fraction of sp³-hybridized carbons (Fsp3) is 0.447. The number of benzene rings is 2. The summed E-state index contributed by atoms with van der Waals surface area (Å²) in [6.07, 6.45) is 7.71. The first kappa shape index (κ1) is 38.3. The summed E-state index contributed by atoms with van der Waals surface area (Å²) in [6, 6.07) is 7.30. The Kier molecular flexibility index (Phi) is 12.0. The van der Waals surface area contributed by atoms with E-state index in [0.29, 0.717) is 51.2 Å². The largest absolute Gasteiger partial charge is 0.486 e. The van der Waals surface area contributed by atoms with E-state index in [1.807, 2.05) is 6.07 Å². The predicted octanol–water partition coefficient (Wildman–Crippen LogP) is 3.19. The first-order valence-electron chi connectivity index (χ1n) is 18.5. The third-order valence-corrected chi connectivity index (χ3v) is 10.4.